The van der Waals surface area contributed by atoms with Gasteiger partial charge in [0.25, 0.3) is 11.4 Å². The van der Waals surface area contributed by atoms with Gasteiger partial charge >= 0.3 is 0 Å². The number of halogens is 1. The third-order valence-electron chi connectivity index (χ3n) is 10.9. The van der Waals surface area contributed by atoms with Gasteiger partial charge in [-0.25, -0.2) is 0 Å². The van der Waals surface area contributed by atoms with Crippen molar-refractivity contribution in [3.8, 4) is 50.2 Å². The number of benzene rings is 8. The topological polar surface area (TPSA) is 107 Å². The van der Waals surface area contributed by atoms with Crippen molar-refractivity contribution >= 4 is 66.6 Å². The van der Waals surface area contributed by atoms with Gasteiger partial charge in [-0.15, -0.1) is 0 Å². The molecule has 0 radical (unpaired) electrons. The number of rotatable bonds is 4. The van der Waals surface area contributed by atoms with Gasteiger partial charge in [0, 0.05) is 50.3 Å². The van der Waals surface area contributed by atoms with Gasteiger partial charge in [0.15, 0.2) is 0 Å². The molecule has 0 amide bonds. The third kappa shape index (κ3) is 5.30. The first-order chi connectivity index (χ1) is 27.9. The number of nitrogens with one attached hydrogen (secondary N) is 1. The second kappa shape index (κ2) is 13.3. The molecule has 0 saturated heterocycles. The van der Waals surface area contributed by atoms with Crippen LogP contribution in [0.2, 0.25) is 5.02 Å². The summed E-state index contributed by atoms with van der Waals surface area (Å²) in [5.74, 6) is 0. The maximum atomic E-state index is 11.9. The van der Waals surface area contributed by atoms with Gasteiger partial charge in [0.2, 0.25) is 0 Å². The second-order valence-electron chi connectivity index (χ2n) is 13.9. The Morgan fingerprint density at radius 2 is 0.965 bits per heavy atom. The molecule has 8 aromatic carbocycles. The highest BCUT2D eigenvalue weighted by Gasteiger charge is 2.29. The van der Waals surface area contributed by atoms with Crippen LogP contribution in [-0.2, 0) is 0 Å². The molecule has 0 fully saturated rings. The summed E-state index contributed by atoms with van der Waals surface area (Å²) >= 11 is 6.44. The molecule has 0 spiro atoms. The highest BCUT2D eigenvalue weighted by Crippen LogP contribution is 2.49. The third-order valence-corrected chi connectivity index (χ3v) is 11.2. The Labute approximate surface area is 330 Å². The predicted octanol–water partition coefficient (Wildman–Crippen LogP) is 13.6. The van der Waals surface area contributed by atoms with Crippen molar-refractivity contribution in [2.75, 3.05) is 0 Å². The fraction of sp³-hybridized carbons (Fsp3) is 0. The standard InChI is InChI=1S/C24H15ClN2O2.C24H14N2O2/c25-20-12-6-14-22(27(28)29)23(20)17-9-2-1-7-15(17)18-10-5-11-19-16-8-3-4-13-21(16)26-24(18)19;27-26(28)22-14-6-13-21-23(22)17-9-2-1-7-15(17)18-10-5-11-19-16-8-3-4-12-20(16)25(21)24(18)19/h1-14,26H;1-14H. The van der Waals surface area contributed by atoms with Gasteiger partial charge in [-0.1, -0.05) is 145 Å². The Bertz CT molecular complexity index is 3290. The minimum atomic E-state index is -0.387. The summed E-state index contributed by atoms with van der Waals surface area (Å²) < 4.78 is 2.18. The van der Waals surface area contributed by atoms with Crippen LogP contribution < -0.4 is 0 Å². The van der Waals surface area contributed by atoms with Crippen molar-refractivity contribution in [1.29, 1.82) is 0 Å². The molecule has 0 aliphatic carbocycles. The summed E-state index contributed by atoms with van der Waals surface area (Å²) in [5.41, 5.74) is 11.9. The zero-order chi connectivity index (χ0) is 38.8. The normalized spacial score (nSPS) is 11.5. The van der Waals surface area contributed by atoms with Crippen molar-refractivity contribution in [2.24, 2.45) is 0 Å². The largest absolute Gasteiger partial charge is 0.354 e. The molecule has 1 N–H and O–H groups in total. The highest BCUT2D eigenvalue weighted by molar-refractivity contribution is 6.34. The molecule has 1 aliphatic heterocycles. The minimum absolute atomic E-state index is 0.00577. The van der Waals surface area contributed by atoms with Crippen LogP contribution in [0.5, 0.6) is 0 Å². The first-order valence-electron chi connectivity index (χ1n) is 18.3. The summed E-state index contributed by atoms with van der Waals surface area (Å²) in [5, 5.41) is 28.5. The average molecular weight is 761 g/mol. The van der Waals surface area contributed by atoms with Crippen molar-refractivity contribution in [2.45, 2.75) is 0 Å². The molecule has 3 heterocycles. The molecule has 57 heavy (non-hydrogen) atoms. The predicted molar refractivity (Wildman–Crippen MR) is 230 cm³/mol. The Morgan fingerprint density at radius 3 is 1.70 bits per heavy atom. The van der Waals surface area contributed by atoms with Crippen molar-refractivity contribution in [1.82, 2.24) is 9.55 Å². The summed E-state index contributed by atoms with van der Waals surface area (Å²) in [4.78, 5) is 26.4. The molecule has 8 nitrogen and oxygen atoms in total. The maximum absolute atomic E-state index is 11.9. The molecule has 10 aromatic rings. The van der Waals surface area contributed by atoms with Crippen molar-refractivity contribution < 1.29 is 9.85 Å². The van der Waals surface area contributed by atoms with E-state index in [9.17, 15) is 20.2 Å². The smallest absolute Gasteiger partial charge is 0.279 e. The van der Waals surface area contributed by atoms with Crippen LogP contribution in [0.25, 0.3) is 93.8 Å². The zero-order valence-corrected chi connectivity index (χ0v) is 30.8. The van der Waals surface area contributed by atoms with Gasteiger partial charge < -0.3 is 9.55 Å². The lowest BCUT2D eigenvalue weighted by molar-refractivity contribution is -0.384. The Morgan fingerprint density at radius 1 is 0.456 bits per heavy atom. The van der Waals surface area contributed by atoms with E-state index >= 15 is 0 Å². The first-order valence-corrected chi connectivity index (χ1v) is 18.7. The number of fused-ring (bicyclic) bond motifs is 11. The van der Waals surface area contributed by atoms with Crippen LogP contribution in [0.4, 0.5) is 11.4 Å². The number of aromatic amines is 1. The number of hydrogen-bond donors (Lipinski definition) is 1. The van der Waals surface area contributed by atoms with Crippen LogP contribution in [0, 0.1) is 20.2 Å². The van der Waals surface area contributed by atoms with E-state index in [2.05, 4.69) is 58.1 Å². The zero-order valence-electron chi connectivity index (χ0n) is 30.0. The van der Waals surface area contributed by atoms with Crippen LogP contribution >= 0.6 is 11.6 Å². The van der Waals surface area contributed by atoms with Crippen molar-refractivity contribution in [3.63, 3.8) is 0 Å². The monoisotopic (exact) mass is 760 g/mol. The molecule has 0 atom stereocenters. The Hall–Kier alpha value is -7.55. The summed E-state index contributed by atoms with van der Waals surface area (Å²) in [6.07, 6.45) is 0. The van der Waals surface area contributed by atoms with Gasteiger partial charge in [-0.05, 0) is 46.5 Å². The van der Waals surface area contributed by atoms with Gasteiger partial charge in [-0.2, -0.15) is 0 Å². The Kier molecular flexibility index (Phi) is 7.95. The van der Waals surface area contributed by atoms with Crippen LogP contribution in [0.15, 0.2) is 170 Å². The van der Waals surface area contributed by atoms with E-state index in [0.29, 0.717) is 16.1 Å². The maximum Gasteiger partial charge on any atom is 0.279 e. The van der Waals surface area contributed by atoms with Crippen LogP contribution in [0.1, 0.15) is 0 Å². The van der Waals surface area contributed by atoms with E-state index < -0.39 is 0 Å². The fourth-order valence-electron chi connectivity index (χ4n) is 8.53. The molecule has 9 heteroatoms. The number of nitrogens with zero attached hydrogens (tertiary/aromatic N) is 3. The molecule has 1 aliphatic rings. The van der Waals surface area contributed by atoms with E-state index in [-0.39, 0.29) is 21.2 Å². The lowest BCUT2D eigenvalue weighted by atomic mass is 9.92. The molecule has 272 valence electrons. The number of aromatic nitrogens is 2. The quantitative estimate of drug-likeness (QED) is 0.142. The first kappa shape index (κ1) is 34.0. The molecule has 0 saturated carbocycles. The number of nitro groups is 2. The molecule has 11 rings (SSSR count). The van der Waals surface area contributed by atoms with Gasteiger partial charge in [0.05, 0.1) is 48.2 Å². The number of hydrogen-bond acceptors (Lipinski definition) is 4. The molecule has 2 aromatic heterocycles. The lowest BCUT2D eigenvalue weighted by Crippen LogP contribution is -1.99. The summed E-state index contributed by atoms with van der Waals surface area (Å²) in [7, 11) is 0. The van der Waals surface area contributed by atoms with Crippen LogP contribution in [0.3, 0.4) is 0 Å². The van der Waals surface area contributed by atoms with Crippen molar-refractivity contribution in [3.05, 3.63) is 195 Å². The van der Waals surface area contributed by atoms with E-state index in [1.54, 1.807) is 24.3 Å². The number of para-hydroxylation sites is 4. The summed E-state index contributed by atoms with van der Waals surface area (Å²) in [6, 6.07) is 54.6. The average Bonchev–Trinajstić information content (AvgIpc) is 3.76. The van der Waals surface area contributed by atoms with Gasteiger partial charge in [0.1, 0.15) is 0 Å². The minimum Gasteiger partial charge on any atom is -0.354 e. The number of H-pyrrole nitrogens is 1. The highest BCUT2D eigenvalue weighted by atomic mass is 35.5. The van der Waals surface area contributed by atoms with Gasteiger partial charge in [-0.3, -0.25) is 20.2 Å². The summed E-state index contributed by atoms with van der Waals surface area (Å²) in [6.45, 7) is 0. The molecule has 0 unspecified atom stereocenters. The van der Waals surface area contributed by atoms with E-state index in [4.69, 9.17) is 11.6 Å². The Balaban J connectivity index is 0.000000139. The SMILES string of the molecule is O=[N+]([O-])c1cccc(Cl)c1-c1ccccc1-c1cccc2c1[nH]c1ccccc12.O=[N+]([O-])c1cccc2c1-c1ccccc1-c1cccc3c4ccccc4n-2c13. The van der Waals surface area contributed by atoms with Crippen LogP contribution in [-0.4, -0.2) is 19.4 Å². The number of nitro benzene ring substituents is 2. The lowest BCUT2D eigenvalue weighted by Gasteiger charge is -2.13. The van der Waals surface area contributed by atoms with E-state index in [1.165, 1.54) is 6.07 Å². The van der Waals surface area contributed by atoms with E-state index in [1.807, 2.05) is 91.0 Å². The fourth-order valence-corrected chi connectivity index (χ4v) is 8.80. The molecule has 0 bridgehead atoms. The van der Waals surface area contributed by atoms with E-state index in [0.717, 1.165) is 82.7 Å². The second-order valence-corrected chi connectivity index (χ2v) is 14.3. The molecular weight excluding hydrogens is 732 g/mol. The molecular formula is C48H29ClN4O4.